The Hall–Kier alpha value is -4.89. The minimum Gasteiger partial charge on any atom is -0.508 e. The van der Waals surface area contributed by atoms with E-state index in [2.05, 4.69) is 10.6 Å². The van der Waals surface area contributed by atoms with Crippen molar-refractivity contribution in [3.8, 4) is 11.5 Å². The molecule has 4 rings (SSSR count). The number of carbonyl (C=O) groups is 3. The quantitative estimate of drug-likeness (QED) is 0.231. The summed E-state index contributed by atoms with van der Waals surface area (Å²) in [6, 6.07) is 23.3. The summed E-state index contributed by atoms with van der Waals surface area (Å²) in [5.74, 6) is -0.301. The number of phenolic OH excluding ortho intramolecular Hbond substituents is 1. The molecule has 38 heavy (non-hydrogen) atoms. The van der Waals surface area contributed by atoms with Crippen LogP contribution in [0, 0.1) is 0 Å². The zero-order chi connectivity index (χ0) is 27.1. The van der Waals surface area contributed by atoms with E-state index in [-0.39, 0.29) is 24.7 Å². The van der Waals surface area contributed by atoms with Crippen LogP contribution in [0.2, 0.25) is 0 Å². The first-order valence-corrected chi connectivity index (χ1v) is 11.9. The number of imide groups is 1. The van der Waals surface area contributed by atoms with Crippen LogP contribution in [0.5, 0.6) is 11.5 Å². The van der Waals surface area contributed by atoms with Gasteiger partial charge in [0.1, 0.15) is 18.1 Å². The zero-order valence-corrected chi connectivity index (χ0v) is 20.5. The second-order valence-corrected chi connectivity index (χ2v) is 8.81. The van der Waals surface area contributed by atoms with E-state index in [9.17, 15) is 19.5 Å². The number of fused-ring (bicyclic) bond motifs is 1. The molecule has 0 saturated carbocycles. The molecule has 0 radical (unpaired) electrons. The molecule has 7 N–H and O–H groups in total. The Bertz CT molecular complexity index is 1470. The van der Waals surface area contributed by atoms with Crippen LogP contribution in [-0.2, 0) is 29.0 Å². The van der Waals surface area contributed by atoms with Gasteiger partial charge in [-0.2, -0.15) is 0 Å². The predicted molar refractivity (Wildman–Crippen MR) is 145 cm³/mol. The highest BCUT2D eigenvalue weighted by molar-refractivity contribution is 5.96. The summed E-state index contributed by atoms with van der Waals surface area (Å²) in [6.45, 7) is 0.104. The third-order valence-electron chi connectivity index (χ3n) is 5.93. The maximum atomic E-state index is 12.8. The molecule has 0 heterocycles. The van der Waals surface area contributed by atoms with Crippen LogP contribution >= 0.6 is 0 Å². The summed E-state index contributed by atoms with van der Waals surface area (Å²) in [7, 11) is 0. The van der Waals surface area contributed by atoms with Crippen molar-refractivity contribution in [2.75, 3.05) is 5.32 Å². The summed E-state index contributed by atoms with van der Waals surface area (Å²) in [5, 5.41) is 16.2. The maximum absolute atomic E-state index is 12.8. The van der Waals surface area contributed by atoms with Crippen LogP contribution in [0.1, 0.15) is 16.7 Å². The number of phenols is 1. The first kappa shape index (κ1) is 26.2. The summed E-state index contributed by atoms with van der Waals surface area (Å²) in [5.41, 5.74) is 13.9. The van der Waals surface area contributed by atoms with Gasteiger partial charge in [-0.25, -0.2) is 4.79 Å². The molecule has 0 aliphatic heterocycles. The zero-order valence-electron chi connectivity index (χ0n) is 20.5. The van der Waals surface area contributed by atoms with Gasteiger partial charge >= 0.3 is 6.03 Å². The van der Waals surface area contributed by atoms with E-state index in [1.165, 1.54) is 0 Å². The van der Waals surface area contributed by atoms with Crippen molar-refractivity contribution in [1.29, 1.82) is 0 Å². The Morgan fingerprint density at radius 1 is 0.868 bits per heavy atom. The highest BCUT2D eigenvalue weighted by Crippen LogP contribution is 2.28. The molecule has 9 heteroatoms. The van der Waals surface area contributed by atoms with Crippen molar-refractivity contribution in [2.45, 2.75) is 25.5 Å². The first-order chi connectivity index (χ1) is 18.3. The Morgan fingerprint density at radius 3 is 2.24 bits per heavy atom. The molecule has 4 aromatic rings. The monoisotopic (exact) mass is 512 g/mol. The topological polar surface area (TPSA) is 157 Å². The molecule has 0 aliphatic rings. The minimum atomic E-state index is -0.924. The number of anilines is 1. The molecule has 0 fully saturated rings. The lowest BCUT2D eigenvalue weighted by Crippen LogP contribution is -2.37. The number of rotatable bonds is 9. The van der Waals surface area contributed by atoms with Gasteiger partial charge in [0.05, 0.1) is 12.5 Å². The number of ether oxygens (including phenoxy) is 1. The van der Waals surface area contributed by atoms with E-state index >= 15 is 0 Å². The van der Waals surface area contributed by atoms with Crippen LogP contribution < -0.4 is 26.8 Å². The number of nitrogens with one attached hydrogen (secondary N) is 2. The Balaban J connectivity index is 1.50. The molecule has 0 bridgehead atoms. The largest absolute Gasteiger partial charge is 0.508 e. The fraction of sp³-hybridized carbons (Fsp3) is 0.138. The van der Waals surface area contributed by atoms with Crippen molar-refractivity contribution in [1.82, 2.24) is 5.32 Å². The van der Waals surface area contributed by atoms with Gasteiger partial charge in [-0.3, -0.25) is 14.9 Å². The summed E-state index contributed by atoms with van der Waals surface area (Å²) in [6.07, 6.45) is 0.201. The summed E-state index contributed by atoms with van der Waals surface area (Å²) < 4.78 is 6.12. The van der Waals surface area contributed by atoms with Gasteiger partial charge < -0.3 is 26.6 Å². The van der Waals surface area contributed by atoms with Crippen LogP contribution in [0.3, 0.4) is 0 Å². The number of urea groups is 1. The molecular weight excluding hydrogens is 484 g/mol. The van der Waals surface area contributed by atoms with Crippen molar-refractivity contribution in [3.05, 3.63) is 102 Å². The van der Waals surface area contributed by atoms with Crippen LogP contribution in [0.4, 0.5) is 10.5 Å². The average Bonchev–Trinajstić information content (AvgIpc) is 2.89. The molecule has 1 atom stereocenters. The third-order valence-corrected chi connectivity index (χ3v) is 5.93. The van der Waals surface area contributed by atoms with Crippen molar-refractivity contribution in [3.63, 3.8) is 0 Å². The van der Waals surface area contributed by atoms with E-state index in [4.69, 9.17) is 16.2 Å². The highest BCUT2D eigenvalue weighted by Gasteiger charge is 2.17. The normalized spacial score (nSPS) is 11.5. The fourth-order valence-corrected chi connectivity index (χ4v) is 4.02. The Morgan fingerprint density at radius 2 is 1.53 bits per heavy atom. The predicted octanol–water partition coefficient (Wildman–Crippen LogP) is 3.37. The lowest BCUT2D eigenvalue weighted by molar-refractivity contribution is -0.119. The minimum absolute atomic E-state index is 0.104. The molecule has 0 aliphatic carbocycles. The number of carbonyl (C=O) groups excluding carboxylic acids is 3. The fourth-order valence-electron chi connectivity index (χ4n) is 4.02. The van der Waals surface area contributed by atoms with Gasteiger partial charge in [0.15, 0.2) is 0 Å². The number of primary amides is 1. The van der Waals surface area contributed by atoms with Gasteiger partial charge in [-0.15, -0.1) is 0 Å². The van der Waals surface area contributed by atoms with E-state index in [0.717, 1.165) is 16.3 Å². The Labute approximate surface area is 219 Å². The number of hydrogen-bond acceptors (Lipinski definition) is 6. The van der Waals surface area contributed by atoms with Crippen LogP contribution in [-0.4, -0.2) is 29.0 Å². The number of benzene rings is 4. The van der Waals surface area contributed by atoms with E-state index in [1.807, 2.05) is 48.5 Å². The molecule has 0 spiro atoms. The van der Waals surface area contributed by atoms with Crippen molar-refractivity contribution in [2.24, 2.45) is 11.5 Å². The van der Waals surface area contributed by atoms with Crippen molar-refractivity contribution < 1.29 is 24.2 Å². The van der Waals surface area contributed by atoms with Gasteiger partial charge in [0.25, 0.3) is 0 Å². The summed E-state index contributed by atoms with van der Waals surface area (Å²) in [4.78, 5) is 36.1. The molecule has 4 aromatic carbocycles. The number of amides is 4. The molecule has 194 valence electrons. The lowest BCUT2D eigenvalue weighted by atomic mass is 10.0. The van der Waals surface area contributed by atoms with Gasteiger partial charge in [-0.05, 0) is 53.1 Å². The lowest BCUT2D eigenvalue weighted by Gasteiger charge is -2.17. The molecule has 4 amide bonds. The Kier molecular flexibility index (Phi) is 8.20. The first-order valence-electron chi connectivity index (χ1n) is 11.9. The second kappa shape index (κ2) is 11.9. The molecule has 0 saturated heterocycles. The van der Waals surface area contributed by atoms with Gasteiger partial charge in [-0.1, -0.05) is 54.6 Å². The number of aromatic hydroxyl groups is 1. The highest BCUT2D eigenvalue weighted by atomic mass is 16.5. The van der Waals surface area contributed by atoms with Gasteiger partial charge in [0, 0.05) is 16.8 Å². The van der Waals surface area contributed by atoms with Crippen LogP contribution in [0.15, 0.2) is 84.9 Å². The average molecular weight is 513 g/mol. The number of para-hydroxylation sites is 1. The number of hydrogen-bond donors (Lipinski definition) is 5. The molecular formula is C29H28N4O5. The van der Waals surface area contributed by atoms with Crippen LogP contribution in [0.25, 0.3) is 10.8 Å². The SMILES string of the molecule is NC(=O)NC(=O)Cc1cc2ccccc2cc1OCc1ccccc1NC(=O)[C@@H](N)Cc1ccc(O)cc1. The molecule has 0 aromatic heterocycles. The smallest absolute Gasteiger partial charge is 0.318 e. The second-order valence-electron chi connectivity index (χ2n) is 8.81. The maximum Gasteiger partial charge on any atom is 0.318 e. The van der Waals surface area contributed by atoms with Gasteiger partial charge in [0.2, 0.25) is 11.8 Å². The number of nitrogens with two attached hydrogens (primary N) is 2. The summed E-state index contributed by atoms with van der Waals surface area (Å²) >= 11 is 0. The van der Waals surface area contributed by atoms with E-state index in [0.29, 0.717) is 29.0 Å². The molecule has 9 nitrogen and oxygen atoms in total. The molecule has 0 unspecified atom stereocenters. The third kappa shape index (κ3) is 6.86. The van der Waals surface area contributed by atoms with E-state index in [1.54, 1.807) is 36.4 Å². The van der Waals surface area contributed by atoms with Crippen molar-refractivity contribution >= 4 is 34.3 Å². The standard InChI is InChI=1S/C29H28N4O5/c30-24(13-18-9-11-23(34)12-10-18)28(36)32-25-8-4-3-7-21(25)17-38-26-15-20-6-2-1-5-19(20)14-22(26)16-27(35)33-29(31)37/h1-12,14-15,24,34H,13,16-17,30H2,(H,32,36)(H3,31,33,35,37)/t24-/m0/s1. The van der Waals surface area contributed by atoms with E-state index < -0.39 is 18.0 Å².